The van der Waals surface area contributed by atoms with Crippen molar-refractivity contribution >= 4 is 8.80 Å². The van der Waals surface area contributed by atoms with E-state index in [-0.39, 0.29) is 5.54 Å². The molecule has 0 amide bonds. The molecule has 3 nitrogen and oxygen atoms in total. The summed E-state index contributed by atoms with van der Waals surface area (Å²) in [4.78, 5) is 0. The van der Waals surface area contributed by atoms with Crippen LogP contribution in [0.1, 0.15) is 13.3 Å². The van der Waals surface area contributed by atoms with E-state index in [9.17, 15) is 0 Å². The average Bonchev–Trinajstić information content (AvgIpc) is 2.14. The minimum atomic E-state index is -2.46. The summed E-state index contributed by atoms with van der Waals surface area (Å²) < 4.78 is 15.9. The predicted octanol–water partition coefficient (Wildman–Crippen LogP) is 1.83. The lowest BCUT2D eigenvalue weighted by molar-refractivity contribution is 0.116. The van der Waals surface area contributed by atoms with Crippen LogP contribution in [-0.2, 0) is 13.3 Å². The summed E-state index contributed by atoms with van der Waals surface area (Å²) in [6.45, 7) is 5.80. The predicted molar refractivity (Wildman–Crippen MR) is 51.0 cm³/mol. The van der Waals surface area contributed by atoms with Crippen LogP contribution in [0.15, 0.2) is 12.7 Å². The maximum atomic E-state index is 5.30. The van der Waals surface area contributed by atoms with Gasteiger partial charge in [0.05, 0.1) is 0 Å². The molecule has 0 aliphatic carbocycles. The zero-order chi connectivity index (χ0) is 9.61. The van der Waals surface area contributed by atoms with Gasteiger partial charge in [0.2, 0.25) is 0 Å². The summed E-state index contributed by atoms with van der Waals surface area (Å²) in [6, 6.07) is 0. The van der Waals surface area contributed by atoms with E-state index in [1.807, 2.05) is 6.08 Å². The van der Waals surface area contributed by atoms with Crippen LogP contribution in [0.5, 0.6) is 0 Å². The molecular weight excluding hydrogens is 172 g/mol. The molecule has 0 rings (SSSR count). The molecule has 1 atom stereocenters. The first-order valence-electron chi connectivity index (χ1n) is 3.98. The van der Waals surface area contributed by atoms with Gasteiger partial charge in [0.1, 0.15) is 0 Å². The normalized spacial score (nSPS) is 14.3. The maximum Gasteiger partial charge on any atom is 0.507 e. The third kappa shape index (κ3) is 2.16. The van der Waals surface area contributed by atoms with Crippen LogP contribution >= 0.6 is 0 Å². The zero-order valence-electron chi connectivity index (χ0n) is 8.29. The van der Waals surface area contributed by atoms with E-state index in [1.54, 1.807) is 21.3 Å². The molecule has 0 saturated carbocycles. The molecule has 0 aliphatic rings. The minimum absolute atomic E-state index is 0.178. The van der Waals surface area contributed by atoms with Gasteiger partial charge in [-0.2, -0.15) is 0 Å². The molecule has 12 heavy (non-hydrogen) atoms. The van der Waals surface area contributed by atoms with Gasteiger partial charge in [0, 0.05) is 26.9 Å². The van der Waals surface area contributed by atoms with Crippen molar-refractivity contribution in [3.05, 3.63) is 12.7 Å². The Morgan fingerprint density at radius 3 is 1.75 bits per heavy atom. The van der Waals surface area contributed by atoms with Gasteiger partial charge in [-0.3, -0.25) is 0 Å². The van der Waals surface area contributed by atoms with Gasteiger partial charge in [0.15, 0.2) is 0 Å². The number of allylic oxidation sites excluding steroid dienone is 1. The van der Waals surface area contributed by atoms with Gasteiger partial charge in [-0.1, -0.05) is 13.0 Å². The molecule has 4 heteroatoms. The molecular formula is C8H18O3Si. The second-order valence-corrected chi connectivity index (χ2v) is 5.64. The van der Waals surface area contributed by atoms with Crippen LogP contribution in [0.3, 0.4) is 0 Å². The molecule has 0 spiro atoms. The molecule has 0 N–H and O–H groups in total. The van der Waals surface area contributed by atoms with Crippen LogP contribution < -0.4 is 0 Å². The second kappa shape index (κ2) is 5.48. The lowest BCUT2D eigenvalue weighted by Crippen LogP contribution is -2.46. The number of hydrogen-bond acceptors (Lipinski definition) is 3. The van der Waals surface area contributed by atoms with Crippen LogP contribution in [0.25, 0.3) is 0 Å². The topological polar surface area (TPSA) is 27.7 Å². The molecule has 0 aliphatic heterocycles. The Morgan fingerprint density at radius 1 is 1.25 bits per heavy atom. The van der Waals surface area contributed by atoms with Gasteiger partial charge >= 0.3 is 8.80 Å². The quantitative estimate of drug-likeness (QED) is 0.472. The first-order valence-corrected chi connectivity index (χ1v) is 5.78. The molecule has 1 unspecified atom stereocenters. The first-order chi connectivity index (χ1) is 5.70. The highest BCUT2D eigenvalue weighted by atomic mass is 28.4. The summed E-state index contributed by atoms with van der Waals surface area (Å²) in [6.07, 6.45) is 2.76. The SMILES string of the molecule is C=CC(CC)[Si](OC)(OC)OC. The van der Waals surface area contributed by atoms with Crippen LogP contribution in [-0.4, -0.2) is 30.1 Å². The Labute approximate surface area is 75.7 Å². The third-order valence-electron chi connectivity index (χ3n) is 2.03. The Bertz CT molecular complexity index is 126. The largest absolute Gasteiger partial charge is 0.507 e. The molecule has 0 radical (unpaired) electrons. The van der Waals surface area contributed by atoms with Gasteiger partial charge in [0.25, 0.3) is 0 Å². The van der Waals surface area contributed by atoms with E-state index in [1.165, 1.54) is 0 Å². The monoisotopic (exact) mass is 190 g/mol. The van der Waals surface area contributed by atoms with Gasteiger partial charge in [-0.05, 0) is 6.42 Å². The van der Waals surface area contributed by atoms with Gasteiger partial charge < -0.3 is 13.3 Å². The van der Waals surface area contributed by atoms with Crippen molar-refractivity contribution in [2.24, 2.45) is 0 Å². The van der Waals surface area contributed by atoms with Gasteiger partial charge in [-0.15, -0.1) is 6.58 Å². The minimum Gasteiger partial charge on any atom is -0.376 e. The van der Waals surface area contributed by atoms with Crippen molar-refractivity contribution in [2.75, 3.05) is 21.3 Å². The van der Waals surface area contributed by atoms with Crippen molar-refractivity contribution in [2.45, 2.75) is 18.9 Å². The van der Waals surface area contributed by atoms with E-state index < -0.39 is 8.80 Å². The molecule has 0 saturated heterocycles. The molecule has 0 aromatic rings. The average molecular weight is 190 g/mol. The lowest BCUT2D eigenvalue weighted by atomic mass is 10.3. The second-order valence-electron chi connectivity index (χ2n) is 2.47. The maximum absolute atomic E-state index is 5.30. The standard InChI is InChI=1S/C8H18O3Si/c1-6-8(7-2)12(9-3,10-4)11-5/h6,8H,1,7H2,2-5H3. The van der Waals surface area contributed by atoms with Crippen molar-refractivity contribution in [1.29, 1.82) is 0 Å². The molecule has 72 valence electrons. The van der Waals surface area contributed by atoms with E-state index in [2.05, 4.69) is 13.5 Å². The van der Waals surface area contributed by atoms with E-state index >= 15 is 0 Å². The molecule has 0 aromatic heterocycles. The fourth-order valence-corrected chi connectivity index (χ4v) is 3.46. The fraction of sp³-hybridized carbons (Fsp3) is 0.750. The zero-order valence-corrected chi connectivity index (χ0v) is 9.29. The highest BCUT2D eigenvalue weighted by Gasteiger charge is 2.44. The summed E-state index contributed by atoms with van der Waals surface area (Å²) in [5, 5.41) is 0. The Balaban J connectivity index is 4.53. The Morgan fingerprint density at radius 2 is 1.67 bits per heavy atom. The molecule has 0 aromatic carbocycles. The molecule has 0 heterocycles. The highest BCUT2D eigenvalue weighted by molar-refractivity contribution is 6.62. The van der Waals surface area contributed by atoms with E-state index in [0.29, 0.717) is 0 Å². The highest BCUT2D eigenvalue weighted by Crippen LogP contribution is 2.27. The van der Waals surface area contributed by atoms with Crippen molar-refractivity contribution in [3.8, 4) is 0 Å². The first kappa shape index (κ1) is 11.8. The fourth-order valence-electron chi connectivity index (χ4n) is 1.27. The summed E-state index contributed by atoms with van der Waals surface area (Å²) in [5.74, 6) is 0. The summed E-state index contributed by atoms with van der Waals surface area (Å²) in [5.41, 5.74) is 0.178. The van der Waals surface area contributed by atoms with Crippen molar-refractivity contribution in [3.63, 3.8) is 0 Å². The molecule has 0 bridgehead atoms. The number of rotatable bonds is 6. The van der Waals surface area contributed by atoms with Crippen LogP contribution in [0, 0.1) is 0 Å². The van der Waals surface area contributed by atoms with Crippen LogP contribution in [0.4, 0.5) is 0 Å². The lowest BCUT2D eigenvalue weighted by Gasteiger charge is -2.29. The summed E-state index contributed by atoms with van der Waals surface area (Å²) in [7, 11) is 2.38. The third-order valence-corrected chi connectivity index (χ3v) is 5.29. The number of hydrogen-bond donors (Lipinski definition) is 0. The molecule has 0 fully saturated rings. The van der Waals surface area contributed by atoms with E-state index in [4.69, 9.17) is 13.3 Å². The Kier molecular flexibility index (Phi) is 5.40. The smallest absolute Gasteiger partial charge is 0.376 e. The van der Waals surface area contributed by atoms with Crippen molar-refractivity contribution in [1.82, 2.24) is 0 Å². The van der Waals surface area contributed by atoms with Crippen LogP contribution in [0.2, 0.25) is 5.54 Å². The Hall–Kier alpha value is -0.163. The van der Waals surface area contributed by atoms with E-state index in [0.717, 1.165) is 6.42 Å². The van der Waals surface area contributed by atoms with Crippen molar-refractivity contribution < 1.29 is 13.3 Å². The summed E-state index contributed by atoms with van der Waals surface area (Å²) >= 11 is 0. The van der Waals surface area contributed by atoms with Gasteiger partial charge in [-0.25, -0.2) is 0 Å².